The van der Waals surface area contributed by atoms with E-state index in [2.05, 4.69) is 25.8 Å². The van der Waals surface area contributed by atoms with Crippen LogP contribution in [-0.4, -0.2) is 13.6 Å². The smallest absolute Gasteiger partial charge is 0.267 e. The number of sulfonamides is 1. The Morgan fingerprint density at radius 2 is 1.89 bits per heavy atom. The molecule has 102 valence electrons. The molecule has 2 aromatic rings. The molecule has 0 aliphatic heterocycles. The Labute approximate surface area is 120 Å². The Kier molecular flexibility index (Phi) is 3.69. The highest BCUT2D eigenvalue weighted by Gasteiger charge is 2.24. The van der Waals surface area contributed by atoms with Gasteiger partial charge in [0.25, 0.3) is 10.0 Å². The molecule has 0 atom stereocenters. The quantitative estimate of drug-likeness (QED) is 0.928. The standard InChI is InChI=1S/C12H13BrN2O3S/c1-7-4-10(13)6-11(5-7)15-19(16,17)12-8(2)14-18-9(12)3/h4-6,15H,1-3H3. The molecular formula is C12H13BrN2O3S. The Morgan fingerprint density at radius 1 is 1.21 bits per heavy atom. The Bertz CT molecular complexity index is 683. The predicted octanol–water partition coefficient (Wildman–Crippen LogP) is 3.16. The zero-order valence-corrected chi connectivity index (χ0v) is 13.1. The summed E-state index contributed by atoms with van der Waals surface area (Å²) >= 11 is 3.33. The molecule has 0 amide bonds. The van der Waals surface area contributed by atoms with E-state index in [1.54, 1.807) is 26.0 Å². The van der Waals surface area contributed by atoms with Crippen molar-refractivity contribution in [2.75, 3.05) is 4.72 Å². The lowest BCUT2D eigenvalue weighted by Crippen LogP contribution is -2.14. The van der Waals surface area contributed by atoms with Crippen LogP contribution in [0.3, 0.4) is 0 Å². The van der Waals surface area contributed by atoms with E-state index < -0.39 is 10.0 Å². The maximum absolute atomic E-state index is 12.3. The number of halogens is 1. The number of aryl methyl sites for hydroxylation is 3. The van der Waals surface area contributed by atoms with Gasteiger partial charge in [-0.3, -0.25) is 4.72 Å². The molecule has 0 aliphatic carbocycles. The van der Waals surface area contributed by atoms with Crippen LogP contribution in [0.4, 0.5) is 5.69 Å². The van der Waals surface area contributed by atoms with Crippen LogP contribution >= 0.6 is 15.9 Å². The third-order valence-corrected chi connectivity index (χ3v) is 4.61. The Balaban J connectivity index is 2.42. The van der Waals surface area contributed by atoms with Crippen LogP contribution in [0.15, 0.2) is 32.1 Å². The number of benzene rings is 1. The minimum atomic E-state index is -3.69. The molecule has 1 N–H and O–H groups in total. The lowest BCUT2D eigenvalue weighted by molar-refractivity contribution is 0.390. The van der Waals surface area contributed by atoms with E-state index in [1.165, 1.54) is 0 Å². The van der Waals surface area contributed by atoms with E-state index >= 15 is 0 Å². The molecule has 7 heteroatoms. The maximum Gasteiger partial charge on any atom is 0.267 e. The van der Waals surface area contributed by atoms with E-state index in [0.29, 0.717) is 11.4 Å². The number of anilines is 1. The molecule has 0 bridgehead atoms. The summed E-state index contributed by atoms with van der Waals surface area (Å²) in [5, 5.41) is 3.66. The van der Waals surface area contributed by atoms with E-state index in [9.17, 15) is 8.42 Å². The van der Waals surface area contributed by atoms with Gasteiger partial charge < -0.3 is 4.52 Å². The summed E-state index contributed by atoms with van der Waals surface area (Å²) in [5.74, 6) is 0.275. The summed E-state index contributed by atoms with van der Waals surface area (Å²) in [7, 11) is -3.69. The van der Waals surface area contributed by atoms with Gasteiger partial charge in [0.1, 0.15) is 5.69 Å². The van der Waals surface area contributed by atoms with Crippen molar-refractivity contribution >= 4 is 31.6 Å². The molecular weight excluding hydrogens is 332 g/mol. The van der Waals surface area contributed by atoms with E-state index in [1.807, 2.05) is 13.0 Å². The number of rotatable bonds is 3. The number of hydrogen-bond acceptors (Lipinski definition) is 4. The van der Waals surface area contributed by atoms with Crippen molar-refractivity contribution < 1.29 is 12.9 Å². The maximum atomic E-state index is 12.3. The molecule has 0 saturated heterocycles. The highest BCUT2D eigenvalue weighted by molar-refractivity contribution is 9.10. The molecule has 0 saturated carbocycles. The van der Waals surface area contributed by atoms with Crippen LogP contribution in [0.2, 0.25) is 0 Å². The lowest BCUT2D eigenvalue weighted by atomic mass is 10.2. The van der Waals surface area contributed by atoms with Crippen molar-refractivity contribution in [3.05, 3.63) is 39.7 Å². The highest BCUT2D eigenvalue weighted by Crippen LogP contribution is 2.25. The normalized spacial score (nSPS) is 11.6. The molecule has 1 aromatic carbocycles. The van der Waals surface area contributed by atoms with Gasteiger partial charge in [-0.15, -0.1) is 0 Å². The van der Waals surface area contributed by atoms with Crippen LogP contribution in [0.25, 0.3) is 0 Å². The van der Waals surface area contributed by atoms with Crippen molar-refractivity contribution in [2.45, 2.75) is 25.7 Å². The molecule has 0 unspecified atom stereocenters. The average molecular weight is 345 g/mol. The second-order valence-corrected chi connectivity index (χ2v) is 6.81. The van der Waals surface area contributed by atoms with Crippen molar-refractivity contribution in [3.8, 4) is 0 Å². The average Bonchev–Trinajstić information content (AvgIpc) is 2.56. The predicted molar refractivity (Wildman–Crippen MR) is 75.7 cm³/mol. The zero-order valence-electron chi connectivity index (χ0n) is 10.7. The molecule has 5 nitrogen and oxygen atoms in total. The fourth-order valence-electron chi connectivity index (χ4n) is 1.86. The van der Waals surface area contributed by atoms with Crippen LogP contribution in [0.5, 0.6) is 0 Å². The van der Waals surface area contributed by atoms with Gasteiger partial charge in [0, 0.05) is 4.47 Å². The van der Waals surface area contributed by atoms with Gasteiger partial charge in [-0.2, -0.15) is 0 Å². The SMILES string of the molecule is Cc1cc(Br)cc(NS(=O)(=O)c2c(C)noc2C)c1. The van der Waals surface area contributed by atoms with Crippen molar-refractivity contribution in [1.29, 1.82) is 0 Å². The lowest BCUT2D eigenvalue weighted by Gasteiger charge is -2.08. The minimum Gasteiger partial charge on any atom is -0.360 e. The van der Waals surface area contributed by atoms with Crippen LogP contribution in [-0.2, 0) is 10.0 Å². The fraction of sp³-hybridized carbons (Fsp3) is 0.250. The van der Waals surface area contributed by atoms with E-state index in [0.717, 1.165) is 10.0 Å². The first kappa shape index (κ1) is 14.1. The van der Waals surface area contributed by atoms with Crippen LogP contribution in [0.1, 0.15) is 17.0 Å². The first-order chi connectivity index (χ1) is 8.79. The molecule has 0 spiro atoms. The summed E-state index contributed by atoms with van der Waals surface area (Å²) in [5.41, 5.74) is 1.79. The summed E-state index contributed by atoms with van der Waals surface area (Å²) in [6.45, 7) is 5.05. The van der Waals surface area contributed by atoms with Crippen LogP contribution in [0, 0.1) is 20.8 Å². The summed E-state index contributed by atoms with van der Waals surface area (Å²) in [6.07, 6.45) is 0. The summed E-state index contributed by atoms with van der Waals surface area (Å²) in [4.78, 5) is 0.0881. The summed E-state index contributed by atoms with van der Waals surface area (Å²) in [6, 6.07) is 5.34. The summed E-state index contributed by atoms with van der Waals surface area (Å²) < 4.78 is 32.8. The number of hydrogen-bond donors (Lipinski definition) is 1. The molecule has 2 rings (SSSR count). The van der Waals surface area contributed by atoms with Gasteiger partial charge in [0.05, 0.1) is 5.69 Å². The number of nitrogens with zero attached hydrogens (tertiary/aromatic N) is 1. The van der Waals surface area contributed by atoms with Crippen molar-refractivity contribution in [1.82, 2.24) is 5.16 Å². The Morgan fingerprint density at radius 3 is 2.42 bits per heavy atom. The second-order valence-electron chi connectivity index (χ2n) is 4.28. The first-order valence-corrected chi connectivity index (χ1v) is 7.80. The van der Waals surface area contributed by atoms with Gasteiger partial charge in [-0.05, 0) is 44.5 Å². The number of aromatic nitrogens is 1. The van der Waals surface area contributed by atoms with E-state index in [-0.39, 0.29) is 10.7 Å². The zero-order chi connectivity index (χ0) is 14.2. The molecule has 1 aromatic heterocycles. The van der Waals surface area contributed by atoms with Crippen LogP contribution < -0.4 is 4.72 Å². The van der Waals surface area contributed by atoms with Gasteiger partial charge in [0.15, 0.2) is 10.7 Å². The fourth-order valence-corrected chi connectivity index (χ4v) is 3.84. The molecule has 19 heavy (non-hydrogen) atoms. The number of nitrogens with one attached hydrogen (secondary N) is 1. The third kappa shape index (κ3) is 2.98. The monoisotopic (exact) mass is 344 g/mol. The van der Waals surface area contributed by atoms with Gasteiger partial charge in [0.2, 0.25) is 0 Å². The topological polar surface area (TPSA) is 72.2 Å². The first-order valence-electron chi connectivity index (χ1n) is 5.52. The Hall–Kier alpha value is -1.34. The van der Waals surface area contributed by atoms with Crippen molar-refractivity contribution in [3.63, 3.8) is 0 Å². The molecule has 1 heterocycles. The highest BCUT2D eigenvalue weighted by atomic mass is 79.9. The van der Waals surface area contributed by atoms with Gasteiger partial charge in [-0.1, -0.05) is 21.1 Å². The molecule has 0 fully saturated rings. The molecule has 0 radical (unpaired) electrons. The second kappa shape index (κ2) is 4.97. The molecule has 0 aliphatic rings. The van der Waals surface area contributed by atoms with Gasteiger partial charge in [-0.25, -0.2) is 8.42 Å². The van der Waals surface area contributed by atoms with E-state index in [4.69, 9.17) is 4.52 Å². The van der Waals surface area contributed by atoms with Gasteiger partial charge >= 0.3 is 0 Å². The van der Waals surface area contributed by atoms with Crippen molar-refractivity contribution in [2.24, 2.45) is 0 Å². The largest absolute Gasteiger partial charge is 0.360 e. The minimum absolute atomic E-state index is 0.0881. The third-order valence-electron chi connectivity index (χ3n) is 2.53.